The first-order valence-corrected chi connectivity index (χ1v) is 11.4. The van der Waals surface area contributed by atoms with Crippen LogP contribution in [0, 0.1) is 11.6 Å². The molecule has 5 nitrogen and oxygen atoms in total. The molecule has 8 heteroatoms. The second kappa shape index (κ2) is 10.1. The van der Waals surface area contributed by atoms with Crippen LogP contribution in [0.15, 0.2) is 51.9 Å². The fraction of sp³-hybridized carbons (Fsp3) is 0.333. The highest BCUT2D eigenvalue weighted by molar-refractivity contribution is 7.07. The summed E-state index contributed by atoms with van der Waals surface area (Å²) in [5.41, 5.74) is 1.72. The Morgan fingerprint density at radius 2 is 1.84 bits per heavy atom. The molecule has 0 amide bonds. The number of halogens is 2. The molecule has 0 atom stereocenters. The van der Waals surface area contributed by atoms with Crippen molar-refractivity contribution >= 4 is 17.6 Å². The summed E-state index contributed by atoms with van der Waals surface area (Å²) in [6.45, 7) is 0. The van der Waals surface area contributed by atoms with Crippen molar-refractivity contribution in [3.05, 3.63) is 63.8 Å². The number of benzene rings is 2. The highest BCUT2D eigenvalue weighted by atomic mass is 32.1. The van der Waals surface area contributed by atoms with Crippen LogP contribution in [0.2, 0.25) is 0 Å². The van der Waals surface area contributed by atoms with Gasteiger partial charge in [-0.05, 0) is 43.2 Å². The van der Waals surface area contributed by atoms with Gasteiger partial charge in [0.05, 0.1) is 32.2 Å². The maximum Gasteiger partial charge on any atom is 0.206 e. The Labute approximate surface area is 189 Å². The molecule has 2 aromatic carbocycles. The van der Waals surface area contributed by atoms with Gasteiger partial charge in [-0.1, -0.05) is 19.3 Å². The number of aromatic nitrogens is 1. The third-order valence-electron chi connectivity index (χ3n) is 5.51. The summed E-state index contributed by atoms with van der Waals surface area (Å²) < 4.78 is 40.1. The summed E-state index contributed by atoms with van der Waals surface area (Å²) in [4.78, 5) is 5.67. The van der Waals surface area contributed by atoms with Crippen LogP contribution in [0.4, 0.5) is 8.78 Å². The van der Waals surface area contributed by atoms with Gasteiger partial charge in [0.2, 0.25) is 4.80 Å². The summed E-state index contributed by atoms with van der Waals surface area (Å²) in [6, 6.07) is 9.19. The Hall–Kier alpha value is -3.00. The van der Waals surface area contributed by atoms with E-state index in [9.17, 15) is 8.78 Å². The fourth-order valence-electron chi connectivity index (χ4n) is 3.79. The van der Waals surface area contributed by atoms with E-state index in [1.165, 1.54) is 48.9 Å². The van der Waals surface area contributed by atoms with Gasteiger partial charge in [0, 0.05) is 22.6 Å². The van der Waals surface area contributed by atoms with Gasteiger partial charge in [-0.3, -0.25) is 4.99 Å². The SMILES string of the molecule is COc1ccc(OC)c(-c2csc(=NC3CCCCC3)n2N=Cc2ccc(F)cc2F)c1. The molecular weight excluding hydrogens is 432 g/mol. The summed E-state index contributed by atoms with van der Waals surface area (Å²) in [5, 5.41) is 6.50. The molecule has 3 aromatic rings. The lowest BCUT2D eigenvalue weighted by Gasteiger charge is -2.17. The molecular formula is C24H25F2N3O2S. The standard InChI is InChI=1S/C24H25F2N3O2S/c1-30-19-10-11-23(31-2)20(13-19)22-15-32-24(28-18-6-4-3-5-7-18)29(22)27-14-16-8-9-17(25)12-21(16)26/h8-15,18H,3-7H2,1-2H3. The van der Waals surface area contributed by atoms with Crippen molar-refractivity contribution in [2.24, 2.45) is 10.1 Å². The van der Waals surface area contributed by atoms with E-state index in [0.717, 1.165) is 35.0 Å². The Balaban J connectivity index is 1.84. The maximum atomic E-state index is 14.2. The summed E-state index contributed by atoms with van der Waals surface area (Å²) >= 11 is 1.47. The molecule has 0 N–H and O–H groups in total. The molecule has 4 rings (SSSR count). The average molecular weight is 458 g/mol. The van der Waals surface area contributed by atoms with Crippen LogP contribution < -0.4 is 14.3 Å². The molecule has 1 aliphatic carbocycles. The Kier molecular flexibility index (Phi) is 6.99. The van der Waals surface area contributed by atoms with Crippen molar-refractivity contribution in [3.8, 4) is 22.8 Å². The third-order valence-corrected chi connectivity index (χ3v) is 6.34. The number of nitrogens with zero attached hydrogens (tertiary/aromatic N) is 3. The van der Waals surface area contributed by atoms with Crippen molar-refractivity contribution in [2.45, 2.75) is 38.1 Å². The smallest absolute Gasteiger partial charge is 0.206 e. The predicted octanol–water partition coefficient (Wildman–Crippen LogP) is 5.63. The molecule has 1 heterocycles. The van der Waals surface area contributed by atoms with Gasteiger partial charge in [-0.2, -0.15) is 5.10 Å². The minimum Gasteiger partial charge on any atom is -0.497 e. The van der Waals surface area contributed by atoms with Gasteiger partial charge in [-0.15, -0.1) is 11.3 Å². The van der Waals surface area contributed by atoms with Crippen LogP contribution in [-0.4, -0.2) is 31.2 Å². The zero-order valence-corrected chi connectivity index (χ0v) is 18.9. The maximum absolute atomic E-state index is 14.2. The summed E-state index contributed by atoms with van der Waals surface area (Å²) in [5.74, 6) is 0.0381. The van der Waals surface area contributed by atoms with E-state index < -0.39 is 11.6 Å². The van der Waals surface area contributed by atoms with Crippen molar-refractivity contribution < 1.29 is 18.3 Å². The predicted molar refractivity (Wildman–Crippen MR) is 123 cm³/mol. The number of rotatable bonds is 6. The number of hydrogen-bond donors (Lipinski definition) is 0. The highest BCUT2D eigenvalue weighted by Crippen LogP contribution is 2.34. The third kappa shape index (κ3) is 4.91. The fourth-order valence-corrected chi connectivity index (χ4v) is 4.69. The van der Waals surface area contributed by atoms with E-state index in [1.54, 1.807) is 18.9 Å². The molecule has 0 saturated heterocycles. The number of ether oxygens (including phenoxy) is 2. The number of methoxy groups -OCH3 is 2. The van der Waals surface area contributed by atoms with Crippen molar-refractivity contribution in [3.63, 3.8) is 0 Å². The normalized spacial score (nSPS) is 15.4. The average Bonchev–Trinajstić information content (AvgIpc) is 3.20. The lowest BCUT2D eigenvalue weighted by molar-refractivity contribution is 0.404. The molecule has 1 saturated carbocycles. The number of thiazole rings is 1. The van der Waals surface area contributed by atoms with Crippen LogP contribution >= 0.6 is 11.3 Å². The highest BCUT2D eigenvalue weighted by Gasteiger charge is 2.17. The van der Waals surface area contributed by atoms with Gasteiger partial charge in [0.15, 0.2) is 0 Å². The summed E-state index contributed by atoms with van der Waals surface area (Å²) in [6.07, 6.45) is 7.06. The molecule has 0 unspecified atom stereocenters. The van der Waals surface area contributed by atoms with E-state index in [-0.39, 0.29) is 11.6 Å². The van der Waals surface area contributed by atoms with Crippen LogP contribution in [0.5, 0.6) is 11.5 Å². The van der Waals surface area contributed by atoms with Crippen molar-refractivity contribution in [1.82, 2.24) is 4.68 Å². The van der Waals surface area contributed by atoms with Crippen LogP contribution in [0.25, 0.3) is 11.3 Å². The van der Waals surface area contributed by atoms with E-state index in [0.29, 0.717) is 11.5 Å². The molecule has 0 radical (unpaired) electrons. The second-order valence-electron chi connectivity index (χ2n) is 7.61. The van der Waals surface area contributed by atoms with E-state index >= 15 is 0 Å². The van der Waals surface area contributed by atoms with Crippen LogP contribution in [0.1, 0.15) is 37.7 Å². The van der Waals surface area contributed by atoms with Crippen LogP contribution in [0.3, 0.4) is 0 Å². The number of hydrogen-bond acceptors (Lipinski definition) is 5. The van der Waals surface area contributed by atoms with E-state index in [4.69, 9.17) is 14.5 Å². The van der Waals surface area contributed by atoms with Gasteiger partial charge >= 0.3 is 0 Å². The van der Waals surface area contributed by atoms with Gasteiger partial charge in [-0.25, -0.2) is 13.5 Å². The molecule has 168 valence electrons. The van der Waals surface area contributed by atoms with E-state index in [1.807, 2.05) is 23.6 Å². The van der Waals surface area contributed by atoms with Gasteiger partial charge in [0.1, 0.15) is 23.1 Å². The Morgan fingerprint density at radius 1 is 1.03 bits per heavy atom. The lowest BCUT2D eigenvalue weighted by atomic mass is 9.96. The largest absolute Gasteiger partial charge is 0.497 e. The quantitative estimate of drug-likeness (QED) is 0.451. The molecule has 1 aromatic heterocycles. The summed E-state index contributed by atoms with van der Waals surface area (Å²) in [7, 11) is 3.21. The monoisotopic (exact) mass is 457 g/mol. The van der Waals surface area contributed by atoms with Gasteiger partial charge in [0.25, 0.3) is 0 Å². The van der Waals surface area contributed by atoms with Crippen LogP contribution in [-0.2, 0) is 0 Å². The van der Waals surface area contributed by atoms with E-state index in [2.05, 4.69) is 5.10 Å². The second-order valence-corrected chi connectivity index (χ2v) is 8.45. The van der Waals surface area contributed by atoms with Crippen molar-refractivity contribution in [1.29, 1.82) is 0 Å². The molecule has 0 aliphatic heterocycles. The zero-order chi connectivity index (χ0) is 22.5. The molecule has 0 spiro atoms. The first kappa shape index (κ1) is 22.2. The topological polar surface area (TPSA) is 48.1 Å². The van der Waals surface area contributed by atoms with Gasteiger partial charge < -0.3 is 9.47 Å². The molecule has 1 fully saturated rings. The lowest BCUT2D eigenvalue weighted by Crippen LogP contribution is -2.19. The minimum absolute atomic E-state index is 0.192. The Morgan fingerprint density at radius 3 is 2.56 bits per heavy atom. The molecule has 1 aliphatic rings. The first-order chi connectivity index (χ1) is 15.6. The molecule has 0 bridgehead atoms. The first-order valence-electron chi connectivity index (χ1n) is 10.5. The zero-order valence-electron chi connectivity index (χ0n) is 18.1. The Bertz CT molecular complexity index is 1180. The molecule has 32 heavy (non-hydrogen) atoms. The minimum atomic E-state index is -0.671. The van der Waals surface area contributed by atoms with Crippen molar-refractivity contribution in [2.75, 3.05) is 14.2 Å².